The molecule has 0 amide bonds. The van der Waals surface area contributed by atoms with Crippen molar-refractivity contribution < 1.29 is 0 Å². The molecule has 2 rings (SSSR count). The fourth-order valence-corrected chi connectivity index (χ4v) is 3.11. The summed E-state index contributed by atoms with van der Waals surface area (Å²) in [5, 5.41) is 5.69. The van der Waals surface area contributed by atoms with E-state index in [1.807, 2.05) is 11.3 Å². The molecular weight excluding hydrogens is 190 g/mol. The summed E-state index contributed by atoms with van der Waals surface area (Å²) in [6.07, 6.45) is 5.40. The first-order valence-corrected chi connectivity index (χ1v) is 6.46. The summed E-state index contributed by atoms with van der Waals surface area (Å²) >= 11 is 1.91. The van der Waals surface area contributed by atoms with Crippen LogP contribution in [0.3, 0.4) is 0 Å². The van der Waals surface area contributed by atoms with Crippen LogP contribution in [0.1, 0.15) is 42.7 Å². The Balaban J connectivity index is 2.08. The van der Waals surface area contributed by atoms with Crippen LogP contribution >= 0.6 is 11.3 Å². The lowest BCUT2D eigenvalue weighted by atomic mass is 10.0. The molecule has 1 saturated carbocycles. The Morgan fingerprint density at radius 3 is 2.93 bits per heavy atom. The van der Waals surface area contributed by atoms with E-state index in [1.54, 1.807) is 4.88 Å². The fourth-order valence-electron chi connectivity index (χ4n) is 1.99. The van der Waals surface area contributed by atoms with E-state index in [9.17, 15) is 0 Å². The predicted molar refractivity (Wildman–Crippen MR) is 62.8 cm³/mol. The average molecular weight is 209 g/mol. The third kappa shape index (κ3) is 2.18. The van der Waals surface area contributed by atoms with E-state index in [0.717, 1.165) is 5.92 Å². The number of hydrogen-bond acceptors (Lipinski definition) is 2. The summed E-state index contributed by atoms with van der Waals surface area (Å²) in [6, 6.07) is 2.88. The molecule has 1 N–H and O–H groups in total. The largest absolute Gasteiger partial charge is 0.312 e. The topological polar surface area (TPSA) is 12.0 Å². The molecule has 0 bridgehead atoms. The Morgan fingerprint density at radius 2 is 2.36 bits per heavy atom. The lowest BCUT2D eigenvalue weighted by Gasteiger charge is -2.15. The molecule has 0 radical (unpaired) electrons. The molecule has 0 spiro atoms. The van der Waals surface area contributed by atoms with Gasteiger partial charge in [0, 0.05) is 10.9 Å². The molecule has 1 atom stereocenters. The van der Waals surface area contributed by atoms with Crippen LogP contribution in [0.15, 0.2) is 11.4 Å². The van der Waals surface area contributed by atoms with Crippen LogP contribution in [0.25, 0.3) is 0 Å². The summed E-state index contributed by atoms with van der Waals surface area (Å²) in [5.74, 6) is 0.999. The van der Waals surface area contributed by atoms with Crippen LogP contribution in [0.4, 0.5) is 0 Å². The highest BCUT2D eigenvalue weighted by Crippen LogP contribution is 2.39. The minimum Gasteiger partial charge on any atom is -0.312 e. The van der Waals surface area contributed by atoms with Gasteiger partial charge >= 0.3 is 0 Å². The SMILES string of the molecule is CCc1ccsc1C(CC1CC1)NC. The first-order chi connectivity index (χ1) is 6.85. The third-order valence-electron chi connectivity index (χ3n) is 3.09. The first-order valence-electron chi connectivity index (χ1n) is 5.58. The zero-order valence-corrected chi connectivity index (χ0v) is 9.86. The molecule has 0 aliphatic heterocycles. The van der Waals surface area contributed by atoms with Crippen molar-refractivity contribution in [2.45, 2.75) is 38.6 Å². The normalized spacial score (nSPS) is 18.4. The Kier molecular flexibility index (Phi) is 3.24. The molecule has 1 aliphatic carbocycles. The van der Waals surface area contributed by atoms with Crippen molar-refractivity contribution in [3.8, 4) is 0 Å². The molecule has 1 heterocycles. The quantitative estimate of drug-likeness (QED) is 0.784. The zero-order valence-electron chi connectivity index (χ0n) is 9.05. The molecule has 1 fully saturated rings. The Bertz CT molecular complexity index is 288. The maximum atomic E-state index is 3.46. The van der Waals surface area contributed by atoms with Crippen molar-refractivity contribution in [3.05, 3.63) is 21.9 Å². The highest BCUT2D eigenvalue weighted by Gasteiger charge is 2.26. The number of nitrogens with one attached hydrogen (secondary N) is 1. The summed E-state index contributed by atoms with van der Waals surface area (Å²) < 4.78 is 0. The molecule has 78 valence electrons. The van der Waals surface area contributed by atoms with Gasteiger partial charge in [-0.3, -0.25) is 0 Å². The number of rotatable bonds is 5. The molecule has 0 aromatic carbocycles. The van der Waals surface area contributed by atoms with Gasteiger partial charge < -0.3 is 5.32 Å². The predicted octanol–water partition coefficient (Wildman–Crippen LogP) is 3.37. The molecule has 1 nitrogen and oxygen atoms in total. The van der Waals surface area contributed by atoms with Gasteiger partial charge in [0.05, 0.1) is 0 Å². The Hall–Kier alpha value is -0.340. The van der Waals surface area contributed by atoms with Gasteiger partial charge in [-0.05, 0) is 42.8 Å². The van der Waals surface area contributed by atoms with Gasteiger partial charge in [-0.15, -0.1) is 11.3 Å². The Morgan fingerprint density at radius 1 is 1.57 bits per heavy atom. The van der Waals surface area contributed by atoms with Gasteiger partial charge in [-0.2, -0.15) is 0 Å². The van der Waals surface area contributed by atoms with Crippen LogP contribution < -0.4 is 5.32 Å². The van der Waals surface area contributed by atoms with Crippen molar-refractivity contribution in [3.63, 3.8) is 0 Å². The third-order valence-corrected chi connectivity index (χ3v) is 4.17. The highest BCUT2D eigenvalue weighted by atomic mass is 32.1. The summed E-state index contributed by atoms with van der Waals surface area (Å²) in [6.45, 7) is 2.25. The van der Waals surface area contributed by atoms with Crippen LogP contribution in [0.2, 0.25) is 0 Å². The van der Waals surface area contributed by atoms with Crippen molar-refractivity contribution in [1.82, 2.24) is 5.32 Å². The molecule has 1 aromatic rings. The van der Waals surface area contributed by atoms with Gasteiger partial charge in [0.15, 0.2) is 0 Å². The van der Waals surface area contributed by atoms with E-state index in [1.165, 1.54) is 31.2 Å². The average Bonchev–Trinajstić information content (AvgIpc) is 2.90. The summed E-state index contributed by atoms with van der Waals surface area (Å²) in [7, 11) is 2.09. The van der Waals surface area contributed by atoms with Crippen molar-refractivity contribution in [1.29, 1.82) is 0 Å². The van der Waals surface area contributed by atoms with Crippen molar-refractivity contribution in [2.75, 3.05) is 7.05 Å². The lowest BCUT2D eigenvalue weighted by Crippen LogP contribution is -2.16. The molecule has 0 saturated heterocycles. The first kappa shape index (κ1) is 10.2. The molecule has 1 aromatic heterocycles. The second-order valence-corrected chi connectivity index (χ2v) is 5.13. The molecule has 2 heteroatoms. The smallest absolute Gasteiger partial charge is 0.0417 e. The van der Waals surface area contributed by atoms with Gasteiger partial charge in [-0.1, -0.05) is 19.8 Å². The lowest BCUT2D eigenvalue weighted by molar-refractivity contribution is 0.519. The van der Waals surface area contributed by atoms with Gasteiger partial charge in [0.1, 0.15) is 0 Å². The highest BCUT2D eigenvalue weighted by molar-refractivity contribution is 7.10. The second kappa shape index (κ2) is 4.45. The minimum absolute atomic E-state index is 0.609. The van der Waals surface area contributed by atoms with Gasteiger partial charge in [-0.25, -0.2) is 0 Å². The maximum Gasteiger partial charge on any atom is 0.0417 e. The van der Waals surface area contributed by atoms with E-state index in [0.29, 0.717) is 6.04 Å². The van der Waals surface area contributed by atoms with Crippen molar-refractivity contribution in [2.24, 2.45) is 5.92 Å². The van der Waals surface area contributed by atoms with Crippen LogP contribution in [0.5, 0.6) is 0 Å². The fraction of sp³-hybridized carbons (Fsp3) is 0.667. The van der Waals surface area contributed by atoms with E-state index < -0.39 is 0 Å². The van der Waals surface area contributed by atoms with E-state index >= 15 is 0 Å². The molecule has 1 unspecified atom stereocenters. The van der Waals surface area contributed by atoms with Gasteiger partial charge in [0.25, 0.3) is 0 Å². The van der Waals surface area contributed by atoms with Crippen LogP contribution in [-0.4, -0.2) is 7.05 Å². The van der Waals surface area contributed by atoms with E-state index in [4.69, 9.17) is 0 Å². The second-order valence-electron chi connectivity index (χ2n) is 4.18. The monoisotopic (exact) mass is 209 g/mol. The van der Waals surface area contributed by atoms with E-state index in [2.05, 4.69) is 30.7 Å². The molecule has 1 aliphatic rings. The maximum absolute atomic E-state index is 3.46. The number of thiophene rings is 1. The summed E-state index contributed by atoms with van der Waals surface area (Å²) in [5.41, 5.74) is 1.54. The Labute approximate surface area is 90.5 Å². The van der Waals surface area contributed by atoms with Crippen LogP contribution in [0, 0.1) is 5.92 Å². The zero-order chi connectivity index (χ0) is 9.97. The summed E-state index contributed by atoms with van der Waals surface area (Å²) in [4.78, 5) is 1.57. The minimum atomic E-state index is 0.609. The van der Waals surface area contributed by atoms with Gasteiger partial charge in [0.2, 0.25) is 0 Å². The van der Waals surface area contributed by atoms with Crippen LogP contribution in [-0.2, 0) is 6.42 Å². The van der Waals surface area contributed by atoms with E-state index in [-0.39, 0.29) is 0 Å². The van der Waals surface area contributed by atoms with Crippen molar-refractivity contribution >= 4 is 11.3 Å². The number of aryl methyl sites for hydroxylation is 1. The standard InChI is InChI=1S/C12H19NS/c1-3-10-6-7-14-12(10)11(13-2)8-9-4-5-9/h6-7,9,11,13H,3-5,8H2,1-2H3. The molecule has 14 heavy (non-hydrogen) atoms. The number of hydrogen-bond donors (Lipinski definition) is 1. The molecular formula is C12H19NS.